The number of aromatic amines is 1. The van der Waals surface area contributed by atoms with Crippen molar-refractivity contribution in [2.75, 3.05) is 18.9 Å². The SMILES string of the molecule is CCC(NC(=O)CN(C)S(=O)(=O)c1ccc(NC(C)=O)cc1)c1ncc(-c2ccccc2)[nH]1. The number of nitrogens with zero attached hydrogens (tertiary/aromatic N) is 2. The van der Waals surface area contributed by atoms with Crippen molar-refractivity contribution in [3.8, 4) is 11.3 Å². The molecule has 1 atom stereocenters. The molecule has 0 saturated carbocycles. The molecule has 0 aliphatic rings. The van der Waals surface area contributed by atoms with Gasteiger partial charge in [-0.15, -0.1) is 0 Å². The van der Waals surface area contributed by atoms with E-state index in [-0.39, 0.29) is 23.4 Å². The van der Waals surface area contributed by atoms with Crippen LogP contribution in [0.15, 0.2) is 65.7 Å². The van der Waals surface area contributed by atoms with Crippen molar-refractivity contribution >= 4 is 27.5 Å². The number of hydrogen-bond donors (Lipinski definition) is 3. The molecule has 0 aliphatic heterocycles. The summed E-state index contributed by atoms with van der Waals surface area (Å²) in [5, 5.41) is 5.43. The first-order valence-corrected chi connectivity index (χ1v) is 11.9. The minimum Gasteiger partial charge on any atom is -0.345 e. The number of carbonyl (C=O) groups is 2. The van der Waals surface area contributed by atoms with Crippen molar-refractivity contribution in [2.45, 2.75) is 31.2 Å². The van der Waals surface area contributed by atoms with Crippen molar-refractivity contribution in [3.05, 3.63) is 66.6 Å². The number of anilines is 1. The van der Waals surface area contributed by atoms with Gasteiger partial charge in [0.2, 0.25) is 21.8 Å². The van der Waals surface area contributed by atoms with E-state index in [4.69, 9.17) is 0 Å². The molecular weight excluding hydrogens is 442 g/mol. The molecule has 0 fully saturated rings. The largest absolute Gasteiger partial charge is 0.345 e. The van der Waals surface area contributed by atoms with Gasteiger partial charge in [0.15, 0.2) is 0 Å². The number of carbonyl (C=O) groups excluding carboxylic acids is 2. The number of likely N-dealkylation sites (N-methyl/N-ethyl adjacent to an activating group) is 1. The zero-order valence-electron chi connectivity index (χ0n) is 18.7. The van der Waals surface area contributed by atoms with Crippen molar-refractivity contribution < 1.29 is 18.0 Å². The van der Waals surface area contributed by atoms with Crippen LogP contribution in [0.25, 0.3) is 11.3 Å². The predicted molar refractivity (Wildman–Crippen MR) is 126 cm³/mol. The highest BCUT2D eigenvalue weighted by atomic mass is 32.2. The second-order valence-corrected chi connectivity index (χ2v) is 9.59. The molecule has 0 aliphatic carbocycles. The Morgan fingerprint density at radius 2 is 1.76 bits per heavy atom. The van der Waals surface area contributed by atoms with Crippen molar-refractivity contribution in [2.24, 2.45) is 0 Å². The maximum absolute atomic E-state index is 12.8. The third-order valence-electron chi connectivity index (χ3n) is 5.00. The number of amides is 2. The Bertz CT molecular complexity index is 1210. The summed E-state index contributed by atoms with van der Waals surface area (Å²) in [4.78, 5) is 31.4. The minimum atomic E-state index is -3.88. The fraction of sp³-hybridized carbons (Fsp3) is 0.261. The summed E-state index contributed by atoms with van der Waals surface area (Å²) < 4.78 is 26.6. The number of H-pyrrole nitrogens is 1. The first-order valence-electron chi connectivity index (χ1n) is 10.4. The fourth-order valence-electron chi connectivity index (χ4n) is 3.26. The summed E-state index contributed by atoms with van der Waals surface area (Å²) in [5.74, 6) is -0.0958. The van der Waals surface area contributed by atoms with Crippen LogP contribution in [0.3, 0.4) is 0 Å². The third kappa shape index (κ3) is 6.05. The zero-order valence-corrected chi connectivity index (χ0v) is 19.5. The van der Waals surface area contributed by atoms with Gasteiger partial charge in [-0.2, -0.15) is 4.31 Å². The number of sulfonamides is 1. The van der Waals surface area contributed by atoms with Crippen LogP contribution in [-0.2, 0) is 19.6 Å². The van der Waals surface area contributed by atoms with E-state index < -0.39 is 15.9 Å². The van der Waals surface area contributed by atoms with Crippen LogP contribution in [0.4, 0.5) is 5.69 Å². The topological polar surface area (TPSA) is 124 Å². The molecule has 2 amide bonds. The van der Waals surface area contributed by atoms with Gasteiger partial charge in [0.25, 0.3) is 0 Å². The number of rotatable bonds is 9. The predicted octanol–water partition coefficient (Wildman–Crippen LogP) is 2.92. The van der Waals surface area contributed by atoms with Crippen molar-refractivity contribution in [1.29, 1.82) is 0 Å². The van der Waals surface area contributed by atoms with Gasteiger partial charge in [0, 0.05) is 19.7 Å². The summed E-state index contributed by atoms with van der Waals surface area (Å²) in [6, 6.07) is 15.1. The molecule has 3 rings (SSSR count). The minimum absolute atomic E-state index is 0.0254. The molecule has 0 saturated heterocycles. The van der Waals surface area contributed by atoms with Crippen LogP contribution < -0.4 is 10.6 Å². The van der Waals surface area contributed by atoms with E-state index in [0.717, 1.165) is 15.6 Å². The first-order chi connectivity index (χ1) is 15.7. The Kier molecular flexibility index (Phi) is 7.62. The molecule has 1 aromatic heterocycles. The lowest BCUT2D eigenvalue weighted by molar-refractivity contribution is -0.122. The second-order valence-electron chi connectivity index (χ2n) is 7.54. The summed E-state index contributed by atoms with van der Waals surface area (Å²) in [6.45, 7) is 2.93. The van der Waals surface area contributed by atoms with Gasteiger partial charge < -0.3 is 15.6 Å². The van der Waals surface area contributed by atoms with Crippen LogP contribution in [0.1, 0.15) is 32.1 Å². The van der Waals surface area contributed by atoms with E-state index >= 15 is 0 Å². The molecule has 0 spiro atoms. The molecule has 174 valence electrons. The van der Waals surface area contributed by atoms with E-state index in [1.165, 1.54) is 38.2 Å². The van der Waals surface area contributed by atoms with Gasteiger partial charge in [-0.3, -0.25) is 9.59 Å². The summed E-state index contributed by atoms with van der Waals surface area (Å²) in [6.07, 6.45) is 2.29. The molecule has 2 aromatic carbocycles. The Balaban J connectivity index is 1.65. The molecule has 9 nitrogen and oxygen atoms in total. The smallest absolute Gasteiger partial charge is 0.243 e. The molecule has 0 radical (unpaired) electrons. The Labute approximate surface area is 193 Å². The summed E-state index contributed by atoms with van der Waals surface area (Å²) >= 11 is 0. The maximum atomic E-state index is 12.8. The Morgan fingerprint density at radius 3 is 2.36 bits per heavy atom. The maximum Gasteiger partial charge on any atom is 0.243 e. The number of imidazole rings is 1. The summed E-state index contributed by atoms with van der Waals surface area (Å²) in [7, 11) is -2.54. The summed E-state index contributed by atoms with van der Waals surface area (Å²) in [5.41, 5.74) is 2.30. The standard InChI is InChI=1S/C23H27N5O4S/c1-4-20(23-24-14-21(27-23)17-8-6-5-7-9-17)26-22(30)15-28(3)33(31,32)19-12-10-18(11-13-19)25-16(2)29/h5-14,20H,4,15H2,1-3H3,(H,24,27)(H,25,29)(H,26,30). The Hall–Kier alpha value is -3.50. The molecule has 3 aromatic rings. The van der Waals surface area contributed by atoms with E-state index in [0.29, 0.717) is 17.9 Å². The number of hydrogen-bond acceptors (Lipinski definition) is 5. The molecule has 1 heterocycles. The Morgan fingerprint density at radius 1 is 1.09 bits per heavy atom. The average molecular weight is 470 g/mol. The molecule has 0 bridgehead atoms. The van der Waals surface area contributed by atoms with Crippen LogP contribution in [0, 0.1) is 0 Å². The normalized spacial score (nSPS) is 12.4. The van der Waals surface area contributed by atoms with Crippen LogP contribution in [-0.4, -0.2) is 48.1 Å². The number of benzene rings is 2. The zero-order chi connectivity index (χ0) is 24.0. The van der Waals surface area contributed by atoms with E-state index in [9.17, 15) is 18.0 Å². The molecule has 33 heavy (non-hydrogen) atoms. The highest BCUT2D eigenvalue weighted by molar-refractivity contribution is 7.89. The first kappa shape index (κ1) is 24.1. The second kappa shape index (κ2) is 10.4. The lowest BCUT2D eigenvalue weighted by Crippen LogP contribution is -2.40. The monoisotopic (exact) mass is 469 g/mol. The lowest BCUT2D eigenvalue weighted by atomic mass is 10.2. The number of aromatic nitrogens is 2. The van der Waals surface area contributed by atoms with Gasteiger partial charge >= 0.3 is 0 Å². The van der Waals surface area contributed by atoms with Gasteiger partial charge in [-0.1, -0.05) is 37.3 Å². The van der Waals surface area contributed by atoms with E-state index in [2.05, 4.69) is 20.6 Å². The van der Waals surface area contributed by atoms with Crippen molar-refractivity contribution in [1.82, 2.24) is 19.6 Å². The van der Waals surface area contributed by atoms with E-state index in [1.807, 2.05) is 37.3 Å². The quantitative estimate of drug-likeness (QED) is 0.444. The van der Waals surface area contributed by atoms with Gasteiger partial charge in [-0.05, 0) is 36.2 Å². The molecule has 3 N–H and O–H groups in total. The molecule has 10 heteroatoms. The number of nitrogens with one attached hydrogen (secondary N) is 3. The highest BCUT2D eigenvalue weighted by Gasteiger charge is 2.24. The van der Waals surface area contributed by atoms with Crippen LogP contribution in [0.5, 0.6) is 0 Å². The van der Waals surface area contributed by atoms with E-state index in [1.54, 1.807) is 6.20 Å². The average Bonchev–Trinajstić information content (AvgIpc) is 3.28. The van der Waals surface area contributed by atoms with Crippen LogP contribution >= 0.6 is 0 Å². The highest BCUT2D eigenvalue weighted by Crippen LogP contribution is 2.21. The van der Waals surface area contributed by atoms with Crippen molar-refractivity contribution in [3.63, 3.8) is 0 Å². The third-order valence-corrected chi connectivity index (χ3v) is 6.82. The van der Waals surface area contributed by atoms with Gasteiger partial charge in [0.1, 0.15) is 5.82 Å². The van der Waals surface area contributed by atoms with Crippen LogP contribution in [0.2, 0.25) is 0 Å². The van der Waals surface area contributed by atoms with Gasteiger partial charge in [0.05, 0.1) is 29.4 Å². The van der Waals surface area contributed by atoms with Gasteiger partial charge in [-0.25, -0.2) is 13.4 Å². The molecule has 1 unspecified atom stereocenters. The fourth-order valence-corrected chi connectivity index (χ4v) is 4.39. The lowest BCUT2D eigenvalue weighted by Gasteiger charge is -2.20. The molecular formula is C23H27N5O4S.